The number of ether oxygens (including phenoxy) is 3. The van der Waals surface area contributed by atoms with Crippen LogP contribution in [0.4, 0.5) is 9.80 Å². The summed E-state index contributed by atoms with van der Waals surface area (Å²) in [6.07, 6.45) is 1.46. The van der Waals surface area contributed by atoms with Gasteiger partial charge in [-0.25, -0.2) is 19.8 Å². The molecule has 0 aliphatic heterocycles. The van der Waals surface area contributed by atoms with E-state index in [4.69, 9.17) is 14.2 Å². The van der Waals surface area contributed by atoms with Crippen LogP contribution in [0.5, 0.6) is 5.75 Å². The van der Waals surface area contributed by atoms with Crippen LogP contribution in [-0.2, 0) is 9.47 Å². The Balaban J connectivity index is 2.12. The zero-order valence-corrected chi connectivity index (χ0v) is 18.6. The van der Waals surface area contributed by atoms with Gasteiger partial charge < -0.3 is 14.2 Å². The molecule has 31 heavy (non-hydrogen) atoms. The highest BCUT2D eigenvalue weighted by atomic mass is 32.1. The van der Waals surface area contributed by atoms with Crippen molar-refractivity contribution in [2.24, 2.45) is 5.10 Å². The monoisotopic (exact) mass is 447 g/mol. The summed E-state index contributed by atoms with van der Waals surface area (Å²) in [6, 6.07) is 6.50. The molecule has 1 heterocycles. The molecule has 9 nitrogen and oxygen atoms in total. The second-order valence-corrected chi connectivity index (χ2v) is 7.05. The van der Waals surface area contributed by atoms with Gasteiger partial charge in [-0.05, 0) is 63.1 Å². The van der Waals surface area contributed by atoms with E-state index in [1.165, 1.54) is 6.21 Å². The van der Waals surface area contributed by atoms with E-state index < -0.39 is 18.0 Å². The summed E-state index contributed by atoms with van der Waals surface area (Å²) < 4.78 is 15.4. The number of amides is 2. The number of thiophene rings is 1. The predicted molar refractivity (Wildman–Crippen MR) is 118 cm³/mol. The highest BCUT2D eigenvalue weighted by Gasteiger charge is 2.27. The quantitative estimate of drug-likeness (QED) is 0.341. The Kier molecular flexibility index (Phi) is 9.01. The number of carbonyl (C=O) groups is 3. The third-order valence-electron chi connectivity index (χ3n) is 3.89. The number of carbonyl (C=O) groups excluding carboxylic acids is 3. The topological polar surface area (TPSA) is 115 Å². The van der Waals surface area contributed by atoms with Gasteiger partial charge in [-0.3, -0.25) is 5.32 Å². The molecule has 2 amide bonds. The molecule has 0 spiro atoms. The number of hydrogen-bond donors (Lipinski definition) is 2. The van der Waals surface area contributed by atoms with Gasteiger partial charge in [-0.2, -0.15) is 5.10 Å². The van der Waals surface area contributed by atoms with Gasteiger partial charge in [0.1, 0.15) is 15.6 Å². The lowest BCUT2D eigenvalue weighted by Crippen LogP contribution is -2.24. The van der Waals surface area contributed by atoms with Crippen molar-refractivity contribution in [2.75, 3.05) is 25.1 Å². The minimum Gasteiger partial charge on any atom is -0.494 e. The van der Waals surface area contributed by atoms with Crippen molar-refractivity contribution in [2.45, 2.75) is 27.7 Å². The first-order valence-electron chi connectivity index (χ1n) is 9.71. The summed E-state index contributed by atoms with van der Waals surface area (Å²) in [4.78, 5) is 37.0. The third-order valence-corrected chi connectivity index (χ3v) is 5.07. The van der Waals surface area contributed by atoms with E-state index in [9.17, 15) is 14.4 Å². The number of benzene rings is 1. The van der Waals surface area contributed by atoms with Gasteiger partial charge in [0, 0.05) is 0 Å². The first kappa shape index (κ1) is 23.9. The van der Waals surface area contributed by atoms with Crippen LogP contribution >= 0.6 is 11.3 Å². The number of urea groups is 1. The van der Waals surface area contributed by atoms with E-state index >= 15 is 0 Å². The Morgan fingerprint density at radius 1 is 1.00 bits per heavy atom. The maximum Gasteiger partial charge on any atom is 0.348 e. The van der Waals surface area contributed by atoms with Crippen LogP contribution in [0.2, 0.25) is 0 Å². The fourth-order valence-electron chi connectivity index (χ4n) is 2.56. The fourth-order valence-corrected chi connectivity index (χ4v) is 3.64. The Morgan fingerprint density at radius 3 is 2.26 bits per heavy atom. The van der Waals surface area contributed by atoms with E-state index in [2.05, 4.69) is 15.8 Å². The molecule has 0 atom stereocenters. The summed E-state index contributed by atoms with van der Waals surface area (Å²) in [6.45, 7) is 7.76. The van der Waals surface area contributed by atoms with Crippen molar-refractivity contribution in [3.05, 3.63) is 45.8 Å². The molecule has 0 bridgehead atoms. The van der Waals surface area contributed by atoms with Crippen molar-refractivity contribution in [1.82, 2.24) is 5.43 Å². The number of hydrogen-bond acceptors (Lipinski definition) is 8. The smallest absolute Gasteiger partial charge is 0.348 e. The Labute approximate surface area is 184 Å². The molecule has 0 saturated carbocycles. The van der Waals surface area contributed by atoms with Crippen LogP contribution in [0.1, 0.15) is 51.9 Å². The number of hydrazone groups is 1. The molecule has 1 aromatic heterocycles. The van der Waals surface area contributed by atoms with Gasteiger partial charge in [0.2, 0.25) is 0 Å². The molecule has 0 aliphatic carbocycles. The number of anilines is 1. The Morgan fingerprint density at radius 2 is 1.65 bits per heavy atom. The minimum absolute atomic E-state index is 0.112. The minimum atomic E-state index is -0.676. The fraction of sp³-hybridized carbons (Fsp3) is 0.333. The Hall–Kier alpha value is -3.40. The lowest BCUT2D eigenvalue weighted by molar-refractivity contribution is 0.0527. The number of nitrogens with one attached hydrogen (secondary N) is 2. The van der Waals surface area contributed by atoms with E-state index in [0.717, 1.165) is 22.6 Å². The van der Waals surface area contributed by atoms with E-state index in [0.29, 0.717) is 12.2 Å². The molecule has 2 rings (SSSR count). The number of esters is 2. The predicted octanol–water partition coefficient (Wildman–Crippen LogP) is 3.96. The van der Waals surface area contributed by atoms with E-state index in [1.807, 2.05) is 6.92 Å². The molecule has 166 valence electrons. The second kappa shape index (κ2) is 11.7. The van der Waals surface area contributed by atoms with Crippen molar-refractivity contribution < 1.29 is 28.6 Å². The molecular weight excluding hydrogens is 422 g/mol. The van der Waals surface area contributed by atoms with Crippen molar-refractivity contribution in [3.8, 4) is 5.75 Å². The average Bonchev–Trinajstić information content (AvgIpc) is 3.05. The summed E-state index contributed by atoms with van der Waals surface area (Å²) in [5.41, 5.74) is 3.58. The standard InChI is InChI=1S/C21H25N3O6S/c1-5-28-15-10-8-14(9-11-15)12-22-24-21(27)23-18-16(19(25)29-6-2)13(4)17(31-18)20(26)30-7-3/h8-12H,5-7H2,1-4H3,(H2,23,24,27). The lowest BCUT2D eigenvalue weighted by Gasteiger charge is -2.06. The van der Waals surface area contributed by atoms with Gasteiger partial charge >= 0.3 is 18.0 Å². The Bertz CT molecular complexity index is 953. The van der Waals surface area contributed by atoms with Crippen LogP contribution in [0.3, 0.4) is 0 Å². The SMILES string of the molecule is CCOC(=O)c1sc(NC(=O)NN=Cc2ccc(OCC)cc2)c(C(=O)OCC)c1C. The summed E-state index contributed by atoms with van der Waals surface area (Å²) in [5.74, 6) is -0.472. The maximum absolute atomic E-state index is 12.4. The second-order valence-electron chi connectivity index (χ2n) is 6.03. The highest BCUT2D eigenvalue weighted by molar-refractivity contribution is 7.18. The molecule has 2 N–H and O–H groups in total. The molecule has 0 aliphatic rings. The van der Waals surface area contributed by atoms with Crippen LogP contribution in [0.15, 0.2) is 29.4 Å². The molecule has 10 heteroatoms. The third kappa shape index (κ3) is 6.54. The molecule has 0 saturated heterocycles. The maximum atomic E-state index is 12.4. The zero-order valence-electron chi connectivity index (χ0n) is 17.8. The highest BCUT2D eigenvalue weighted by Crippen LogP contribution is 2.34. The van der Waals surface area contributed by atoms with Gasteiger partial charge in [0.15, 0.2) is 0 Å². The molecule has 2 aromatic rings. The largest absolute Gasteiger partial charge is 0.494 e. The van der Waals surface area contributed by atoms with Crippen LogP contribution in [-0.4, -0.2) is 44.0 Å². The average molecular weight is 448 g/mol. The summed E-state index contributed by atoms with van der Waals surface area (Å²) in [7, 11) is 0. The first-order valence-corrected chi connectivity index (χ1v) is 10.5. The van der Waals surface area contributed by atoms with Gasteiger partial charge in [0.25, 0.3) is 0 Å². The van der Waals surface area contributed by atoms with Gasteiger partial charge in [-0.1, -0.05) is 0 Å². The molecule has 0 radical (unpaired) electrons. The van der Waals surface area contributed by atoms with Gasteiger partial charge in [0.05, 0.1) is 31.6 Å². The van der Waals surface area contributed by atoms with Crippen molar-refractivity contribution >= 4 is 40.5 Å². The molecular formula is C21H25N3O6S. The van der Waals surface area contributed by atoms with Crippen LogP contribution in [0.25, 0.3) is 0 Å². The number of rotatable bonds is 9. The van der Waals surface area contributed by atoms with E-state index in [-0.39, 0.29) is 28.7 Å². The van der Waals surface area contributed by atoms with Crippen LogP contribution < -0.4 is 15.5 Å². The number of nitrogens with zero attached hydrogens (tertiary/aromatic N) is 1. The molecule has 1 aromatic carbocycles. The van der Waals surface area contributed by atoms with Crippen LogP contribution in [0, 0.1) is 6.92 Å². The van der Waals surface area contributed by atoms with Crippen molar-refractivity contribution in [1.29, 1.82) is 0 Å². The van der Waals surface area contributed by atoms with Crippen molar-refractivity contribution in [3.63, 3.8) is 0 Å². The summed E-state index contributed by atoms with van der Waals surface area (Å²) in [5, 5.41) is 6.61. The molecule has 0 fully saturated rings. The first-order chi connectivity index (χ1) is 14.9. The normalized spacial score (nSPS) is 10.6. The van der Waals surface area contributed by atoms with E-state index in [1.54, 1.807) is 45.0 Å². The lowest BCUT2D eigenvalue weighted by atomic mass is 10.1. The molecule has 0 unspecified atom stereocenters. The summed E-state index contributed by atoms with van der Waals surface area (Å²) >= 11 is 0.940. The zero-order chi connectivity index (χ0) is 22.8. The van der Waals surface area contributed by atoms with Gasteiger partial charge in [-0.15, -0.1) is 11.3 Å².